The second-order valence-electron chi connectivity index (χ2n) is 7.03. The highest BCUT2D eigenvalue weighted by molar-refractivity contribution is 5.94. The number of hydrogen-bond donors (Lipinski definition) is 2. The van der Waals surface area contributed by atoms with Crippen molar-refractivity contribution in [3.8, 4) is 5.88 Å². The number of aromatic amines is 1. The molecule has 0 spiro atoms. The standard InChI is InChI=1S/C15H19N3O3/c16-12(19)11-13(18-7-17-11)21-14(20)15-4-8-1-9(5-15)3-10(2-8)6-15/h7-10H,1-6H2,(H2,16,19)(H,17,18). The number of nitrogens with two attached hydrogens (primary N) is 1. The quantitative estimate of drug-likeness (QED) is 0.826. The molecular formula is C15H19N3O3. The molecule has 3 N–H and O–H groups in total. The molecule has 0 radical (unpaired) electrons. The Morgan fingerprint density at radius 1 is 1.19 bits per heavy atom. The summed E-state index contributed by atoms with van der Waals surface area (Å²) in [5.74, 6) is 1.12. The third-order valence-electron chi connectivity index (χ3n) is 5.51. The summed E-state index contributed by atoms with van der Waals surface area (Å²) >= 11 is 0. The van der Waals surface area contributed by atoms with Crippen molar-refractivity contribution in [3.05, 3.63) is 12.0 Å². The van der Waals surface area contributed by atoms with Gasteiger partial charge >= 0.3 is 5.97 Å². The molecule has 4 fully saturated rings. The summed E-state index contributed by atoms with van der Waals surface area (Å²) in [5, 5.41) is 0. The summed E-state index contributed by atoms with van der Waals surface area (Å²) in [6, 6.07) is 0. The number of imidazole rings is 1. The van der Waals surface area contributed by atoms with E-state index < -0.39 is 5.91 Å². The SMILES string of the molecule is NC(=O)c1[nH]cnc1OC(=O)C12CC3CC(CC(C3)C1)C2. The molecule has 4 aliphatic rings. The Morgan fingerprint density at radius 3 is 2.29 bits per heavy atom. The third kappa shape index (κ3) is 1.96. The van der Waals surface area contributed by atoms with E-state index in [1.165, 1.54) is 25.6 Å². The molecule has 0 saturated heterocycles. The minimum Gasteiger partial charge on any atom is -0.404 e. The van der Waals surface area contributed by atoms with E-state index in [0.29, 0.717) is 17.8 Å². The highest BCUT2D eigenvalue weighted by atomic mass is 16.5. The van der Waals surface area contributed by atoms with Gasteiger partial charge < -0.3 is 15.5 Å². The monoisotopic (exact) mass is 289 g/mol. The fourth-order valence-electron chi connectivity index (χ4n) is 5.09. The molecule has 112 valence electrons. The number of H-pyrrole nitrogens is 1. The minimum atomic E-state index is -0.666. The lowest BCUT2D eigenvalue weighted by Crippen LogP contribution is -2.51. The van der Waals surface area contributed by atoms with E-state index in [0.717, 1.165) is 19.3 Å². The van der Waals surface area contributed by atoms with Gasteiger partial charge in [0.15, 0.2) is 5.69 Å². The molecule has 4 bridgehead atoms. The number of carbonyl (C=O) groups is 2. The van der Waals surface area contributed by atoms with Gasteiger partial charge in [0.25, 0.3) is 11.8 Å². The number of carbonyl (C=O) groups excluding carboxylic acids is 2. The lowest BCUT2D eigenvalue weighted by Gasteiger charge is -2.55. The van der Waals surface area contributed by atoms with Gasteiger partial charge in [0.1, 0.15) is 0 Å². The number of hydrogen-bond acceptors (Lipinski definition) is 4. The van der Waals surface area contributed by atoms with E-state index in [9.17, 15) is 9.59 Å². The Balaban J connectivity index is 1.57. The van der Waals surface area contributed by atoms with Gasteiger partial charge in [0.05, 0.1) is 11.7 Å². The molecule has 1 aromatic heterocycles. The summed E-state index contributed by atoms with van der Waals surface area (Å²) in [5.41, 5.74) is 4.94. The van der Waals surface area contributed by atoms with Crippen LogP contribution in [0.3, 0.4) is 0 Å². The van der Waals surface area contributed by atoms with Gasteiger partial charge in [0.2, 0.25) is 0 Å². The van der Waals surface area contributed by atoms with Crippen LogP contribution in [0.4, 0.5) is 0 Å². The molecule has 21 heavy (non-hydrogen) atoms. The molecule has 0 aliphatic heterocycles. The zero-order chi connectivity index (χ0) is 14.6. The molecule has 4 saturated carbocycles. The number of esters is 1. The van der Waals surface area contributed by atoms with Crippen LogP contribution in [-0.2, 0) is 4.79 Å². The molecule has 0 atom stereocenters. The molecular weight excluding hydrogens is 270 g/mol. The average Bonchev–Trinajstić information content (AvgIpc) is 2.85. The van der Waals surface area contributed by atoms with Crippen LogP contribution in [-0.4, -0.2) is 21.8 Å². The average molecular weight is 289 g/mol. The molecule has 0 aromatic carbocycles. The Hall–Kier alpha value is -1.85. The fourth-order valence-corrected chi connectivity index (χ4v) is 5.09. The number of nitrogens with one attached hydrogen (secondary N) is 1. The number of rotatable bonds is 3. The van der Waals surface area contributed by atoms with Gasteiger partial charge in [-0.25, -0.2) is 4.98 Å². The van der Waals surface area contributed by atoms with E-state index in [1.807, 2.05) is 0 Å². The Labute approximate surface area is 122 Å². The van der Waals surface area contributed by atoms with Crippen LogP contribution < -0.4 is 10.5 Å². The predicted molar refractivity (Wildman–Crippen MR) is 73.3 cm³/mol. The number of primary amides is 1. The van der Waals surface area contributed by atoms with Crippen LogP contribution in [0.5, 0.6) is 5.88 Å². The van der Waals surface area contributed by atoms with Gasteiger partial charge in [0, 0.05) is 0 Å². The van der Waals surface area contributed by atoms with E-state index in [4.69, 9.17) is 10.5 Å². The van der Waals surface area contributed by atoms with Crippen molar-refractivity contribution in [3.63, 3.8) is 0 Å². The highest BCUT2D eigenvalue weighted by Gasteiger charge is 2.55. The molecule has 0 unspecified atom stereocenters. The summed E-state index contributed by atoms with van der Waals surface area (Å²) < 4.78 is 5.45. The number of amides is 1. The van der Waals surface area contributed by atoms with Crippen molar-refractivity contribution < 1.29 is 14.3 Å². The Morgan fingerprint density at radius 2 is 1.76 bits per heavy atom. The second-order valence-corrected chi connectivity index (χ2v) is 7.03. The van der Waals surface area contributed by atoms with Crippen molar-refractivity contribution in [2.45, 2.75) is 38.5 Å². The van der Waals surface area contributed by atoms with E-state index >= 15 is 0 Å². The number of aromatic nitrogens is 2. The zero-order valence-corrected chi connectivity index (χ0v) is 11.8. The summed E-state index contributed by atoms with van der Waals surface area (Å²) in [7, 11) is 0. The van der Waals surface area contributed by atoms with Crippen LogP contribution >= 0.6 is 0 Å². The summed E-state index contributed by atoms with van der Waals surface area (Å²) in [4.78, 5) is 30.5. The lowest BCUT2D eigenvalue weighted by molar-refractivity contribution is -0.161. The van der Waals surface area contributed by atoms with Crippen molar-refractivity contribution in [1.29, 1.82) is 0 Å². The molecule has 6 heteroatoms. The first-order valence-corrected chi connectivity index (χ1v) is 7.61. The van der Waals surface area contributed by atoms with Crippen LogP contribution in [0.2, 0.25) is 0 Å². The molecule has 6 nitrogen and oxygen atoms in total. The first kappa shape index (κ1) is 12.9. The van der Waals surface area contributed by atoms with Gasteiger partial charge in [-0.05, 0) is 56.3 Å². The third-order valence-corrected chi connectivity index (χ3v) is 5.51. The topological polar surface area (TPSA) is 98.1 Å². The smallest absolute Gasteiger partial charge is 0.318 e. The van der Waals surface area contributed by atoms with Crippen LogP contribution in [0, 0.1) is 23.2 Å². The largest absolute Gasteiger partial charge is 0.404 e. The first-order chi connectivity index (χ1) is 10.1. The number of nitrogens with zero attached hydrogens (tertiary/aromatic N) is 1. The van der Waals surface area contributed by atoms with Crippen molar-refractivity contribution in [2.75, 3.05) is 0 Å². The maximum Gasteiger partial charge on any atom is 0.318 e. The van der Waals surface area contributed by atoms with Crippen molar-refractivity contribution in [2.24, 2.45) is 28.9 Å². The van der Waals surface area contributed by atoms with E-state index in [-0.39, 0.29) is 23.0 Å². The maximum atomic E-state index is 12.7. The minimum absolute atomic E-state index is 0.0169. The van der Waals surface area contributed by atoms with E-state index in [1.54, 1.807) is 0 Å². The molecule has 4 aliphatic carbocycles. The Kier molecular flexibility index (Phi) is 2.65. The lowest BCUT2D eigenvalue weighted by atomic mass is 9.49. The number of ether oxygens (including phenoxy) is 1. The van der Waals surface area contributed by atoms with Gasteiger partial charge in [-0.15, -0.1) is 0 Å². The normalized spacial score (nSPS) is 36.7. The fraction of sp³-hybridized carbons (Fsp3) is 0.667. The highest BCUT2D eigenvalue weighted by Crippen LogP contribution is 2.60. The van der Waals surface area contributed by atoms with Gasteiger partial charge in [-0.1, -0.05) is 0 Å². The van der Waals surface area contributed by atoms with Crippen molar-refractivity contribution >= 4 is 11.9 Å². The van der Waals surface area contributed by atoms with Gasteiger partial charge in [-0.3, -0.25) is 9.59 Å². The zero-order valence-electron chi connectivity index (χ0n) is 11.8. The summed E-state index contributed by atoms with van der Waals surface area (Å²) in [6.45, 7) is 0. The van der Waals surface area contributed by atoms with Gasteiger partial charge in [-0.2, -0.15) is 0 Å². The molecule has 5 rings (SSSR count). The molecule has 1 amide bonds. The van der Waals surface area contributed by atoms with Crippen LogP contribution in [0.1, 0.15) is 49.0 Å². The molecule has 1 aromatic rings. The first-order valence-electron chi connectivity index (χ1n) is 7.61. The van der Waals surface area contributed by atoms with Crippen molar-refractivity contribution in [1.82, 2.24) is 9.97 Å². The van der Waals surface area contributed by atoms with Crippen LogP contribution in [0.15, 0.2) is 6.33 Å². The molecule has 1 heterocycles. The Bertz CT molecular complexity index is 572. The second kappa shape index (κ2) is 4.32. The van der Waals surface area contributed by atoms with E-state index in [2.05, 4.69) is 9.97 Å². The maximum absolute atomic E-state index is 12.7. The summed E-state index contributed by atoms with van der Waals surface area (Å²) in [6.07, 6.45) is 7.89. The predicted octanol–water partition coefficient (Wildman–Crippen LogP) is 1.63. The van der Waals surface area contributed by atoms with Crippen LogP contribution in [0.25, 0.3) is 0 Å².